The van der Waals surface area contributed by atoms with Crippen LogP contribution in [0.1, 0.15) is 12.5 Å². The van der Waals surface area contributed by atoms with Crippen molar-refractivity contribution in [1.82, 2.24) is 19.5 Å². The molecular formula is C17H20N5O6P. The minimum atomic E-state index is -4.00. The normalized spacial score (nSPS) is 13.4. The van der Waals surface area contributed by atoms with E-state index in [0.29, 0.717) is 0 Å². The lowest BCUT2D eigenvalue weighted by Gasteiger charge is -2.17. The number of carbonyl (C=O) groups excluding carboxylic acids is 1. The second kappa shape index (κ2) is 9.10. The zero-order valence-electron chi connectivity index (χ0n) is 15.6. The summed E-state index contributed by atoms with van der Waals surface area (Å²) in [6.07, 6.45) is 1.39. The van der Waals surface area contributed by atoms with Gasteiger partial charge in [0.15, 0.2) is 16.9 Å². The predicted octanol–water partition coefficient (Wildman–Crippen LogP) is 1.65. The van der Waals surface area contributed by atoms with E-state index in [1.165, 1.54) is 17.8 Å². The van der Waals surface area contributed by atoms with E-state index >= 15 is 0 Å². The molecule has 3 rings (SSSR count). The number of ketones is 1. The lowest BCUT2D eigenvalue weighted by molar-refractivity contribution is -0.119. The van der Waals surface area contributed by atoms with Crippen LogP contribution in [0.15, 0.2) is 41.5 Å². The van der Waals surface area contributed by atoms with Crippen LogP contribution in [0.25, 0.3) is 11.2 Å². The molecule has 0 aliphatic rings. The van der Waals surface area contributed by atoms with Crippen molar-refractivity contribution in [2.45, 2.75) is 20.1 Å². The zero-order valence-corrected chi connectivity index (χ0v) is 16.5. The molecule has 1 atom stereocenters. The summed E-state index contributed by atoms with van der Waals surface area (Å²) in [6, 6.07) is 9.05. The first-order chi connectivity index (χ1) is 13.9. The van der Waals surface area contributed by atoms with Crippen LogP contribution in [0, 0.1) is 0 Å². The number of nitrogens with zero attached hydrogens (tertiary/aromatic N) is 3. The molecule has 1 aromatic carbocycles. The molecule has 0 radical (unpaired) electrons. The molecule has 11 nitrogen and oxygen atoms in total. The Kier molecular flexibility index (Phi) is 6.55. The van der Waals surface area contributed by atoms with E-state index in [1.807, 2.05) is 18.2 Å². The molecule has 29 heavy (non-hydrogen) atoms. The molecule has 12 heteroatoms. The minimum absolute atomic E-state index is 0.0164. The van der Waals surface area contributed by atoms with E-state index < -0.39 is 20.0 Å². The molecule has 3 N–H and O–H groups in total. The Morgan fingerprint density at radius 3 is 2.72 bits per heavy atom. The summed E-state index contributed by atoms with van der Waals surface area (Å²) in [5.41, 5.74) is 6.24. The quantitative estimate of drug-likeness (QED) is 0.465. The molecule has 3 aromatic rings. The highest BCUT2D eigenvalue weighted by Gasteiger charge is 2.27. The van der Waals surface area contributed by atoms with E-state index in [0.717, 1.165) is 5.56 Å². The Morgan fingerprint density at radius 2 is 2.00 bits per heavy atom. The Balaban J connectivity index is 1.67. The van der Waals surface area contributed by atoms with E-state index in [-0.39, 0.29) is 42.7 Å². The fourth-order valence-corrected chi connectivity index (χ4v) is 3.57. The third-order valence-corrected chi connectivity index (χ3v) is 5.12. The summed E-state index contributed by atoms with van der Waals surface area (Å²) in [5.74, 6) is -0.372. The molecule has 0 amide bonds. The van der Waals surface area contributed by atoms with Crippen molar-refractivity contribution >= 4 is 30.7 Å². The Labute approximate surface area is 165 Å². The third kappa shape index (κ3) is 5.58. The SMILES string of the molecule is CC(=O)COP(=O)(OCCn1cnc2c(=O)[nH]c(N)nc21)OCc1ccccc1. The number of hydrogen-bond acceptors (Lipinski definition) is 9. The smallest absolute Gasteiger partial charge is 0.369 e. The van der Waals surface area contributed by atoms with Gasteiger partial charge in [0.25, 0.3) is 5.56 Å². The van der Waals surface area contributed by atoms with Gasteiger partial charge in [-0.2, -0.15) is 4.98 Å². The Bertz CT molecular complexity index is 1100. The number of H-pyrrole nitrogens is 1. The van der Waals surface area contributed by atoms with Gasteiger partial charge in [-0.1, -0.05) is 30.3 Å². The second-order valence-corrected chi connectivity index (χ2v) is 7.75. The van der Waals surface area contributed by atoms with Crippen LogP contribution in [0.5, 0.6) is 0 Å². The maximum atomic E-state index is 12.9. The van der Waals surface area contributed by atoms with Crippen LogP contribution in [-0.4, -0.2) is 38.5 Å². The number of nitrogens with one attached hydrogen (secondary N) is 1. The highest BCUT2D eigenvalue weighted by molar-refractivity contribution is 7.48. The topological polar surface area (TPSA) is 151 Å². The number of hydrogen-bond donors (Lipinski definition) is 2. The monoisotopic (exact) mass is 421 g/mol. The molecule has 0 spiro atoms. The van der Waals surface area contributed by atoms with Crippen LogP contribution < -0.4 is 11.3 Å². The van der Waals surface area contributed by atoms with Gasteiger partial charge in [0, 0.05) is 6.54 Å². The van der Waals surface area contributed by atoms with Gasteiger partial charge in [-0.3, -0.25) is 28.1 Å². The van der Waals surface area contributed by atoms with Gasteiger partial charge in [0.05, 0.1) is 19.5 Å². The van der Waals surface area contributed by atoms with E-state index in [2.05, 4.69) is 15.0 Å². The molecule has 154 valence electrons. The number of nitrogens with two attached hydrogens (primary N) is 1. The summed E-state index contributed by atoms with van der Waals surface area (Å²) >= 11 is 0. The van der Waals surface area contributed by atoms with Crippen LogP contribution in [0.3, 0.4) is 0 Å². The fourth-order valence-electron chi connectivity index (χ4n) is 2.39. The number of benzene rings is 1. The number of Topliss-reactive ketones (excluding diaryl/α,β-unsaturated/α-hetero) is 1. The predicted molar refractivity (Wildman–Crippen MR) is 104 cm³/mol. The summed E-state index contributed by atoms with van der Waals surface area (Å²) in [5, 5.41) is 0. The molecule has 0 fully saturated rings. The highest BCUT2D eigenvalue weighted by Crippen LogP contribution is 2.50. The van der Waals surface area contributed by atoms with E-state index in [4.69, 9.17) is 19.3 Å². The lowest BCUT2D eigenvalue weighted by atomic mass is 10.2. The number of phosphoric ester groups is 1. The number of imidazole rings is 1. The summed E-state index contributed by atoms with van der Waals surface area (Å²) < 4.78 is 30.2. The third-order valence-electron chi connectivity index (χ3n) is 3.73. The van der Waals surface area contributed by atoms with Crippen LogP contribution >= 0.6 is 7.82 Å². The van der Waals surface area contributed by atoms with Crippen LogP contribution in [0.4, 0.5) is 5.95 Å². The Hall–Kier alpha value is -2.85. The average molecular weight is 421 g/mol. The number of fused-ring (bicyclic) bond motifs is 1. The standard InChI is InChI=1S/C17H20N5O6P/c1-12(23)9-27-29(25,28-10-13-5-3-2-4-6-13)26-8-7-22-11-19-14-15(22)20-17(18)21-16(14)24/h2-6,11H,7-10H2,1H3,(H3,18,20,21,24). The number of anilines is 1. The van der Waals surface area contributed by atoms with Crippen LogP contribution in [-0.2, 0) is 36.1 Å². The number of carbonyl (C=O) groups is 1. The van der Waals surface area contributed by atoms with Crippen molar-refractivity contribution < 1.29 is 22.9 Å². The van der Waals surface area contributed by atoms with Crippen molar-refractivity contribution in [3.05, 3.63) is 52.6 Å². The second-order valence-electron chi connectivity index (χ2n) is 6.08. The van der Waals surface area contributed by atoms with Gasteiger partial charge in [0.1, 0.15) is 6.61 Å². The number of phosphoric acid groups is 1. The molecule has 0 saturated heterocycles. The van der Waals surface area contributed by atoms with Gasteiger partial charge in [-0.05, 0) is 12.5 Å². The molecule has 2 aromatic heterocycles. The fraction of sp³-hybridized carbons (Fsp3) is 0.294. The molecule has 2 heterocycles. The van der Waals surface area contributed by atoms with Crippen molar-refractivity contribution in [2.24, 2.45) is 0 Å². The maximum absolute atomic E-state index is 12.9. The highest BCUT2D eigenvalue weighted by atomic mass is 31.2. The number of aromatic nitrogens is 4. The van der Waals surface area contributed by atoms with Crippen molar-refractivity contribution in [3.63, 3.8) is 0 Å². The van der Waals surface area contributed by atoms with Gasteiger partial charge in [0.2, 0.25) is 5.95 Å². The first-order valence-electron chi connectivity index (χ1n) is 8.64. The number of rotatable bonds is 10. The van der Waals surface area contributed by atoms with Crippen molar-refractivity contribution in [2.75, 3.05) is 18.9 Å². The van der Waals surface area contributed by atoms with Crippen molar-refractivity contribution in [3.8, 4) is 0 Å². The van der Waals surface area contributed by atoms with Crippen LogP contribution in [0.2, 0.25) is 0 Å². The first kappa shape index (κ1) is 20.9. The molecule has 0 aliphatic heterocycles. The van der Waals surface area contributed by atoms with Gasteiger partial charge in [-0.15, -0.1) is 0 Å². The summed E-state index contributed by atoms with van der Waals surface area (Å²) in [6.45, 7) is 0.913. The number of nitrogen functional groups attached to an aromatic ring is 1. The van der Waals surface area contributed by atoms with Gasteiger partial charge >= 0.3 is 7.82 Å². The molecule has 0 bridgehead atoms. The van der Waals surface area contributed by atoms with E-state index in [9.17, 15) is 14.2 Å². The van der Waals surface area contributed by atoms with Gasteiger partial charge < -0.3 is 10.3 Å². The summed E-state index contributed by atoms with van der Waals surface area (Å²) in [4.78, 5) is 33.4. The average Bonchev–Trinajstić information content (AvgIpc) is 3.09. The zero-order chi connectivity index (χ0) is 20.9. The molecule has 0 aliphatic carbocycles. The molecular weight excluding hydrogens is 401 g/mol. The molecule has 1 unspecified atom stereocenters. The maximum Gasteiger partial charge on any atom is 0.475 e. The largest absolute Gasteiger partial charge is 0.475 e. The van der Waals surface area contributed by atoms with Crippen molar-refractivity contribution in [1.29, 1.82) is 0 Å². The lowest BCUT2D eigenvalue weighted by Crippen LogP contribution is -2.13. The minimum Gasteiger partial charge on any atom is -0.369 e. The Morgan fingerprint density at radius 1 is 1.24 bits per heavy atom. The summed E-state index contributed by atoms with van der Waals surface area (Å²) in [7, 11) is -4.00. The molecule has 0 saturated carbocycles. The number of aromatic amines is 1. The van der Waals surface area contributed by atoms with E-state index in [1.54, 1.807) is 12.1 Å². The first-order valence-corrected chi connectivity index (χ1v) is 10.1. The van der Waals surface area contributed by atoms with Gasteiger partial charge in [-0.25, -0.2) is 9.55 Å².